The molecule has 0 radical (unpaired) electrons. The Hall–Kier alpha value is -1.59. The van der Waals surface area contributed by atoms with Crippen molar-refractivity contribution in [2.75, 3.05) is 13.7 Å². The van der Waals surface area contributed by atoms with E-state index in [4.69, 9.17) is 4.74 Å². The average molecular weight is 244 g/mol. The molecular formula is C11H16O6. The number of hydrogen-bond donors (Lipinski definition) is 0. The van der Waals surface area contributed by atoms with Crippen LogP contribution in [0.3, 0.4) is 0 Å². The van der Waals surface area contributed by atoms with E-state index in [1.54, 1.807) is 13.8 Å². The van der Waals surface area contributed by atoms with E-state index >= 15 is 0 Å². The van der Waals surface area contributed by atoms with E-state index < -0.39 is 35.8 Å². The highest BCUT2D eigenvalue weighted by Crippen LogP contribution is 2.18. The van der Waals surface area contributed by atoms with Gasteiger partial charge in [-0.25, -0.2) is 4.79 Å². The number of cyclic esters (lactones) is 1. The molecule has 1 rings (SSSR count). The number of carbonyl (C=O) groups excluding carboxylic acids is 3. The van der Waals surface area contributed by atoms with Crippen molar-refractivity contribution in [2.24, 2.45) is 11.8 Å². The van der Waals surface area contributed by atoms with Crippen molar-refractivity contribution in [3.63, 3.8) is 0 Å². The minimum Gasteiger partial charge on any atom is -0.469 e. The molecule has 1 aliphatic heterocycles. The molecule has 3 atom stereocenters. The van der Waals surface area contributed by atoms with E-state index in [0.29, 0.717) is 6.42 Å². The Kier molecular flexibility index (Phi) is 4.48. The Bertz CT molecular complexity index is 324. The first-order valence-electron chi connectivity index (χ1n) is 5.42. The fourth-order valence-corrected chi connectivity index (χ4v) is 1.43. The maximum atomic E-state index is 11.7. The molecular weight excluding hydrogens is 228 g/mol. The number of hydrogen-bond acceptors (Lipinski definition) is 6. The molecule has 1 aliphatic rings. The highest BCUT2D eigenvalue weighted by molar-refractivity contribution is 5.84. The summed E-state index contributed by atoms with van der Waals surface area (Å²) in [5.74, 6) is -2.87. The summed E-state index contributed by atoms with van der Waals surface area (Å²) in [4.78, 5) is 34.0. The van der Waals surface area contributed by atoms with Gasteiger partial charge in [0.05, 0.1) is 25.6 Å². The van der Waals surface area contributed by atoms with Crippen molar-refractivity contribution in [1.29, 1.82) is 0 Å². The molecule has 0 spiro atoms. The van der Waals surface area contributed by atoms with Crippen LogP contribution >= 0.6 is 0 Å². The van der Waals surface area contributed by atoms with Crippen LogP contribution in [0.4, 0.5) is 0 Å². The fraction of sp³-hybridized carbons (Fsp3) is 0.727. The summed E-state index contributed by atoms with van der Waals surface area (Å²) in [6.45, 7) is 3.40. The molecule has 0 aromatic heterocycles. The predicted molar refractivity (Wildman–Crippen MR) is 55.8 cm³/mol. The lowest BCUT2D eigenvalue weighted by Crippen LogP contribution is -2.32. The van der Waals surface area contributed by atoms with Crippen molar-refractivity contribution in [3.8, 4) is 0 Å². The topological polar surface area (TPSA) is 78.9 Å². The van der Waals surface area contributed by atoms with Crippen LogP contribution in [0, 0.1) is 11.8 Å². The van der Waals surface area contributed by atoms with E-state index in [1.165, 1.54) is 7.11 Å². The van der Waals surface area contributed by atoms with Gasteiger partial charge in [-0.2, -0.15) is 0 Å². The highest BCUT2D eigenvalue weighted by Gasteiger charge is 2.34. The number of esters is 3. The van der Waals surface area contributed by atoms with Gasteiger partial charge in [-0.15, -0.1) is 0 Å². The van der Waals surface area contributed by atoms with Crippen molar-refractivity contribution in [1.82, 2.24) is 0 Å². The molecule has 0 aromatic carbocycles. The summed E-state index contributed by atoms with van der Waals surface area (Å²) >= 11 is 0. The normalized spacial score (nSPS) is 22.5. The van der Waals surface area contributed by atoms with Crippen LogP contribution in [-0.4, -0.2) is 37.7 Å². The van der Waals surface area contributed by atoms with Gasteiger partial charge in [-0.3, -0.25) is 9.59 Å². The third kappa shape index (κ3) is 3.18. The van der Waals surface area contributed by atoms with Crippen molar-refractivity contribution in [3.05, 3.63) is 0 Å². The lowest BCUT2D eigenvalue weighted by atomic mass is 9.96. The van der Waals surface area contributed by atoms with Gasteiger partial charge >= 0.3 is 17.9 Å². The second-order valence-corrected chi connectivity index (χ2v) is 3.98. The molecule has 0 aromatic rings. The van der Waals surface area contributed by atoms with Gasteiger partial charge in [0.15, 0.2) is 0 Å². The summed E-state index contributed by atoms with van der Waals surface area (Å²) in [7, 11) is 1.26. The Balaban J connectivity index is 2.52. The number of methoxy groups -OCH3 is 1. The largest absolute Gasteiger partial charge is 0.469 e. The lowest BCUT2D eigenvalue weighted by molar-refractivity contribution is -0.166. The van der Waals surface area contributed by atoms with Gasteiger partial charge in [0.1, 0.15) is 0 Å². The first-order valence-corrected chi connectivity index (χ1v) is 5.42. The van der Waals surface area contributed by atoms with Gasteiger partial charge in [0.25, 0.3) is 0 Å². The van der Waals surface area contributed by atoms with Crippen LogP contribution in [0.1, 0.15) is 20.3 Å². The Morgan fingerprint density at radius 3 is 2.35 bits per heavy atom. The average Bonchev–Trinajstić information content (AvgIpc) is 2.72. The van der Waals surface area contributed by atoms with E-state index in [-0.39, 0.29) is 6.61 Å². The van der Waals surface area contributed by atoms with Crippen molar-refractivity contribution >= 4 is 17.9 Å². The third-order valence-corrected chi connectivity index (χ3v) is 2.84. The molecule has 96 valence electrons. The standard InChI is InChI=1S/C11H16O6/c1-6(9(12)15-3)7(2)10(13)17-8-4-5-16-11(8)14/h6-8H,4-5H2,1-3H3. The maximum absolute atomic E-state index is 11.7. The molecule has 0 aliphatic carbocycles. The van der Waals surface area contributed by atoms with E-state index in [9.17, 15) is 14.4 Å². The summed E-state index contributed by atoms with van der Waals surface area (Å²) in [5, 5.41) is 0. The second kappa shape index (κ2) is 5.65. The summed E-state index contributed by atoms with van der Waals surface area (Å²) in [5.41, 5.74) is 0. The zero-order valence-electron chi connectivity index (χ0n) is 10.1. The molecule has 0 N–H and O–H groups in total. The Morgan fingerprint density at radius 2 is 1.88 bits per heavy atom. The van der Waals surface area contributed by atoms with Crippen molar-refractivity contribution in [2.45, 2.75) is 26.4 Å². The minimum absolute atomic E-state index is 0.262. The first-order chi connectivity index (χ1) is 7.97. The molecule has 6 nitrogen and oxygen atoms in total. The van der Waals surface area contributed by atoms with Crippen LogP contribution < -0.4 is 0 Å². The van der Waals surface area contributed by atoms with Gasteiger partial charge in [-0.1, -0.05) is 13.8 Å². The highest BCUT2D eigenvalue weighted by atomic mass is 16.6. The molecule has 6 heteroatoms. The molecule has 1 fully saturated rings. The molecule has 17 heavy (non-hydrogen) atoms. The van der Waals surface area contributed by atoms with Crippen LogP contribution in [0.15, 0.2) is 0 Å². The summed E-state index contributed by atoms with van der Waals surface area (Å²) in [6, 6.07) is 0. The van der Waals surface area contributed by atoms with E-state index in [1.807, 2.05) is 0 Å². The number of ether oxygens (including phenoxy) is 3. The monoisotopic (exact) mass is 244 g/mol. The quantitative estimate of drug-likeness (QED) is 0.522. The summed E-state index contributed by atoms with van der Waals surface area (Å²) in [6.07, 6.45) is -0.473. The minimum atomic E-state index is -0.838. The second-order valence-electron chi connectivity index (χ2n) is 3.98. The molecule has 0 bridgehead atoms. The molecule has 1 saturated heterocycles. The fourth-order valence-electron chi connectivity index (χ4n) is 1.43. The Labute approximate surface area is 99.2 Å². The molecule has 3 unspecified atom stereocenters. The van der Waals surface area contributed by atoms with Crippen molar-refractivity contribution < 1.29 is 28.6 Å². The zero-order valence-corrected chi connectivity index (χ0v) is 10.1. The molecule has 0 saturated carbocycles. The van der Waals surface area contributed by atoms with E-state index in [0.717, 1.165) is 0 Å². The van der Waals surface area contributed by atoms with E-state index in [2.05, 4.69) is 9.47 Å². The maximum Gasteiger partial charge on any atom is 0.347 e. The third-order valence-electron chi connectivity index (χ3n) is 2.84. The molecule has 0 amide bonds. The predicted octanol–water partition coefficient (Wildman–Crippen LogP) is 0.290. The van der Waals surface area contributed by atoms with Gasteiger partial charge < -0.3 is 14.2 Å². The van der Waals surface area contributed by atoms with Crippen LogP contribution in [-0.2, 0) is 28.6 Å². The van der Waals surface area contributed by atoms with Crippen LogP contribution in [0.2, 0.25) is 0 Å². The smallest absolute Gasteiger partial charge is 0.347 e. The number of carbonyl (C=O) groups is 3. The zero-order chi connectivity index (χ0) is 13.0. The van der Waals surface area contributed by atoms with Gasteiger partial charge in [0.2, 0.25) is 6.10 Å². The SMILES string of the molecule is COC(=O)C(C)C(C)C(=O)OC1CCOC1=O. The number of rotatable bonds is 4. The Morgan fingerprint density at radius 1 is 1.29 bits per heavy atom. The molecule has 1 heterocycles. The lowest BCUT2D eigenvalue weighted by Gasteiger charge is -2.17. The van der Waals surface area contributed by atoms with Crippen LogP contribution in [0.5, 0.6) is 0 Å². The summed E-state index contributed by atoms with van der Waals surface area (Å²) < 4.78 is 14.2. The first kappa shape index (κ1) is 13.5. The van der Waals surface area contributed by atoms with Crippen LogP contribution in [0.25, 0.3) is 0 Å². The van der Waals surface area contributed by atoms with Gasteiger partial charge in [-0.05, 0) is 0 Å². The van der Waals surface area contributed by atoms with Gasteiger partial charge in [0, 0.05) is 6.42 Å².